The second kappa shape index (κ2) is 9.21. The molecule has 0 spiro atoms. The third-order valence-electron chi connectivity index (χ3n) is 4.05. The molecule has 0 atom stereocenters. The summed E-state index contributed by atoms with van der Waals surface area (Å²) in [5, 5.41) is 16.8. The first kappa shape index (κ1) is 19.7. The van der Waals surface area contributed by atoms with Crippen molar-refractivity contribution in [3.05, 3.63) is 35.2 Å². The van der Waals surface area contributed by atoms with Gasteiger partial charge in [0.05, 0.1) is 18.7 Å². The van der Waals surface area contributed by atoms with Gasteiger partial charge in [0, 0.05) is 11.8 Å². The normalized spacial score (nSPS) is 12.3. The lowest BCUT2D eigenvalue weighted by Crippen LogP contribution is -2.38. The first-order valence-corrected chi connectivity index (χ1v) is 9.66. The number of nitriles is 1. The van der Waals surface area contributed by atoms with E-state index in [2.05, 4.69) is 10.6 Å². The maximum Gasteiger partial charge on any atom is 0.239 e. The maximum absolute atomic E-state index is 12.4. The van der Waals surface area contributed by atoms with E-state index in [1.54, 1.807) is 34.5 Å². The number of thiophene rings is 1. The number of anilines is 2. The summed E-state index contributed by atoms with van der Waals surface area (Å²) in [5.74, 6) is 0.745. The number of nitrogens with zero attached hydrogens (tertiary/aromatic N) is 2. The highest BCUT2D eigenvalue weighted by Gasteiger charge is 2.16. The number of hydrogen-bond acceptors (Lipinski definition) is 7. The Balaban J connectivity index is 1.53. The van der Waals surface area contributed by atoms with Gasteiger partial charge in [-0.25, -0.2) is 0 Å². The van der Waals surface area contributed by atoms with Crippen LogP contribution in [0.25, 0.3) is 0 Å². The zero-order valence-electron chi connectivity index (χ0n) is 15.4. The molecule has 146 valence electrons. The second-order valence-electron chi connectivity index (χ2n) is 6.03. The molecular formula is C19H20N4O4S. The Morgan fingerprint density at radius 3 is 2.57 bits per heavy atom. The number of carbonyl (C=O) groups is 2. The van der Waals surface area contributed by atoms with Crippen molar-refractivity contribution in [2.75, 3.05) is 43.5 Å². The molecule has 1 aromatic carbocycles. The van der Waals surface area contributed by atoms with Crippen molar-refractivity contribution in [1.29, 1.82) is 5.26 Å². The summed E-state index contributed by atoms with van der Waals surface area (Å²) >= 11 is 1.29. The largest absolute Gasteiger partial charge is 0.486 e. The van der Waals surface area contributed by atoms with Crippen molar-refractivity contribution >= 4 is 33.8 Å². The van der Waals surface area contributed by atoms with E-state index in [9.17, 15) is 9.59 Å². The number of fused-ring (bicyclic) bond motifs is 1. The molecule has 2 N–H and O–H groups in total. The third kappa shape index (κ3) is 5.00. The molecule has 1 aliphatic heterocycles. The van der Waals surface area contributed by atoms with Gasteiger partial charge in [0.25, 0.3) is 0 Å². The second-order valence-corrected chi connectivity index (χ2v) is 6.95. The highest BCUT2D eigenvalue weighted by molar-refractivity contribution is 7.14. The third-order valence-corrected chi connectivity index (χ3v) is 4.88. The van der Waals surface area contributed by atoms with E-state index in [0.29, 0.717) is 47.5 Å². The fraction of sp³-hybridized carbons (Fsp3) is 0.316. The van der Waals surface area contributed by atoms with Gasteiger partial charge in [-0.15, -0.1) is 11.3 Å². The predicted molar refractivity (Wildman–Crippen MR) is 106 cm³/mol. The van der Waals surface area contributed by atoms with Crippen molar-refractivity contribution in [2.45, 2.75) is 6.92 Å². The van der Waals surface area contributed by atoms with Crippen LogP contribution >= 0.6 is 11.3 Å². The molecule has 2 aromatic rings. The molecule has 2 amide bonds. The summed E-state index contributed by atoms with van der Waals surface area (Å²) in [6, 6.07) is 8.90. The summed E-state index contributed by atoms with van der Waals surface area (Å²) < 4.78 is 11.0. The Morgan fingerprint density at radius 2 is 1.86 bits per heavy atom. The summed E-state index contributed by atoms with van der Waals surface area (Å²) in [6.45, 7) is 3.49. The van der Waals surface area contributed by atoms with Gasteiger partial charge in [0.15, 0.2) is 11.5 Å². The Bertz CT molecular complexity index is 906. The van der Waals surface area contributed by atoms with Crippen LogP contribution < -0.4 is 20.1 Å². The number of benzene rings is 1. The minimum absolute atomic E-state index is 0.0494. The van der Waals surface area contributed by atoms with Crippen LogP contribution in [0, 0.1) is 11.3 Å². The van der Waals surface area contributed by atoms with Crippen LogP contribution in [-0.2, 0) is 9.59 Å². The van der Waals surface area contributed by atoms with Gasteiger partial charge in [-0.2, -0.15) is 5.26 Å². The van der Waals surface area contributed by atoms with Crippen LogP contribution in [0.5, 0.6) is 11.5 Å². The van der Waals surface area contributed by atoms with Gasteiger partial charge in [-0.05, 0) is 30.1 Å². The van der Waals surface area contributed by atoms with Crippen molar-refractivity contribution < 1.29 is 19.1 Å². The molecule has 1 aliphatic rings. The molecule has 0 fully saturated rings. The molecule has 0 bridgehead atoms. The first-order valence-electron chi connectivity index (χ1n) is 8.78. The summed E-state index contributed by atoms with van der Waals surface area (Å²) in [5.41, 5.74) is 1.03. The smallest absolute Gasteiger partial charge is 0.239 e. The number of likely N-dealkylation sites (N-methyl/N-ethyl adjacent to an activating group) is 1. The van der Waals surface area contributed by atoms with Gasteiger partial charge in [-0.1, -0.05) is 6.92 Å². The molecule has 0 unspecified atom stereocenters. The van der Waals surface area contributed by atoms with Crippen molar-refractivity contribution in [3.8, 4) is 17.6 Å². The van der Waals surface area contributed by atoms with Crippen LogP contribution in [-0.4, -0.2) is 49.6 Å². The number of carbonyl (C=O) groups excluding carboxylic acids is 2. The molecule has 28 heavy (non-hydrogen) atoms. The molecule has 1 aromatic heterocycles. The monoisotopic (exact) mass is 400 g/mol. The van der Waals surface area contributed by atoms with Crippen molar-refractivity contribution in [1.82, 2.24) is 4.90 Å². The summed E-state index contributed by atoms with van der Waals surface area (Å²) in [7, 11) is 0. The van der Waals surface area contributed by atoms with E-state index in [0.717, 1.165) is 0 Å². The molecule has 8 nitrogen and oxygen atoms in total. The minimum Gasteiger partial charge on any atom is -0.486 e. The van der Waals surface area contributed by atoms with E-state index in [1.807, 2.05) is 13.0 Å². The van der Waals surface area contributed by atoms with E-state index < -0.39 is 0 Å². The van der Waals surface area contributed by atoms with E-state index >= 15 is 0 Å². The lowest BCUT2D eigenvalue weighted by atomic mass is 10.2. The van der Waals surface area contributed by atoms with Gasteiger partial charge in [0.1, 0.15) is 24.3 Å². The average molecular weight is 400 g/mol. The van der Waals surface area contributed by atoms with Gasteiger partial charge < -0.3 is 20.1 Å². The topological polar surface area (TPSA) is 104 Å². The number of amides is 2. The minimum atomic E-state index is -0.270. The Hall–Kier alpha value is -3.09. The van der Waals surface area contributed by atoms with Crippen molar-refractivity contribution in [2.24, 2.45) is 0 Å². The SMILES string of the molecule is CCN(CC(=O)Nc1ccc2c(c1)OCCO2)CC(=O)Nc1sccc1C#N. The molecule has 2 heterocycles. The number of ether oxygens (including phenoxy) is 2. The van der Waals surface area contributed by atoms with Crippen LogP contribution in [0.15, 0.2) is 29.6 Å². The molecule has 3 rings (SSSR count). The fourth-order valence-corrected chi connectivity index (χ4v) is 3.42. The van der Waals surface area contributed by atoms with Crippen LogP contribution in [0.3, 0.4) is 0 Å². The Kier molecular flexibility index (Phi) is 6.47. The van der Waals surface area contributed by atoms with Crippen LogP contribution in [0.1, 0.15) is 12.5 Å². The number of nitrogens with one attached hydrogen (secondary N) is 2. The number of hydrogen-bond donors (Lipinski definition) is 2. The molecule has 0 aliphatic carbocycles. The lowest BCUT2D eigenvalue weighted by Gasteiger charge is -2.20. The molecule has 0 saturated heterocycles. The van der Waals surface area contributed by atoms with Gasteiger partial charge >= 0.3 is 0 Å². The molecule has 0 radical (unpaired) electrons. The van der Waals surface area contributed by atoms with E-state index in [1.165, 1.54) is 11.3 Å². The van der Waals surface area contributed by atoms with Gasteiger partial charge in [0.2, 0.25) is 11.8 Å². The molecule has 0 saturated carbocycles. The average Bonchev–Trinajstić information content (AvgIpc) is 3.14. The van der Waals surface area contributed by atoms with Crippen molar-refractivity contribution in [3.63, 3.8) is 0 Å². The Labute approximate surface area is 166 Å². The van der Waals surface area contributed by atoms with Gasteiger partial charge in [-0.3, -0.25) is 14.5 Å². The maximum atomic E-state index is 12.4. The summed E-state index contributed by atoms with van der Waals surface area (Å²) in [6.07, 6.45) is 0. The van der Waals surface area contributed by atoms with Crippen LogP contribution in [0.4, 0.5) is 10.7 Å². The zero-order chi connectivity index (χ0) is 19.9. The standard InChI is InChI=1S/C19H20N4O4S/c1-2-23(12-18(25)22-19-13(10-20)5-8-28-19)11-17(24)21-14-3-4-15-16(9-14)27-7-6-26-15/h3-5,8-9H,2,6-7,11-12H2,1H3,(H,21,24)(H,22,25). The lowest BCUT2D eigenvalue weighted by molar-refractivity contribution is -0.119. The first-order chi connectivity index (χ1) is 13.6. The van der Waals surface area contributed by atoms with E-state index in [-0.39, 0.29) is 24.9 Å². The quantitative estimate of drug-likeness (QED) is 0.739. The molecule has 9 heteroatoms. The fourth-order valence-electron chi connectivity index (χ4n) is 2.67. The summed E-state index contributed by atoms with van der Waals surface area (Å²) in [4.78, 5) is 26.3. The van der Waals surface area contributed by atoms with E-state index in [4.69, 9.17) is 14.7 Å². The van der Waals surface area contributed by atoms with Crippen LogP contribution in [0.2, 0.25) is 0 Å². The predicted octanol–water partition coefficient (Wildman–Crippen LogP) is 2.29. The number of rotatable bonds is 7. The highest BCUT2D eigenvalue weighted by atomic mass is 32.1. The Morgan fingerprint density at radius 1 is 1.14 bits per heavy atom. The molecular weight excluding hydrogens is 380 g/mol. The highest BCUT2D eigenvalue weighted by Crippen LogP contribution is 2.32. The zero-order valence-corrected chi connectivity index (χ0v) is 16.2.